The molecule has 0 aliphatic heterocycles. The van der Waals surface area contributed by atoms with Gasteiger partial charge in [-0.05, 0) is 81.4 Å². The zero-order valence-corrected chi connectivity index (χ0v) is 44.6. The van der Waals surface area contributed by atoms with Crippen molar-refractivity contribution >= 4 is 50.4 Å². The van der Waals surface area contributed by atoms with Gasteiger partial charge in [-0.3, -0.25) is 4.79 Å². The van der Waals surface area contributed by atoms with E-state index in [1.807, 2.05) is 6.92 Å². The van der Waals surface area contributed by atoms with Crippen LogP contribution in [0.1, 0.15) is 69.2 Å². The second kappa shape index (κ2) is 28.7. The maximum Gasteiger partial charge on any atom is 0.358 e. The molecule has 3 heterocycles. The minimum atomic E-state index is -3.69. The molecule has 0 saturated heterocycles. The molecular weight excluding hydrogens is 983 g/mol. The molecule has 6 N–H and O–H groups in total. The van der Waals surface area contributed by atoms with Crippen LogP contribution in [0, 0.1) is 18.6 Å². The monoisotopic (exact) mass is 1050 g/mol. The number of hydrogen-bond acceptors (Lipinski definition) is 13. The SMILES string of the molecule is C.CCOC(=O)c1cn(COCC[Si](C)(C)C)c(-c2[nH]cnc2-c2ccc(F)cc2)n1.CCOC(=O)c1cn(COCC[Si](C)(C)C)c(C=O)n1.Cc1ccc(S(=O)(=O)C([C-]=[NH2+])c2ccc(F)cc2)cc1.N. The second-order valence-corrected chi connectivity index (χ2v) is 31.5. The van der Waals surface area contributed by atoms with E-state index < -0.39 is 49.0 Å². The largest absolute Gasteiger partial charge is 0.461 e. The first-order valence-electron chi connectivity index (χ1n) is 22.5. The lowest BCUT2D eigenvalue weighted by atomic mass is 10.1. The molecule has 392 valence electrons. The summed E-state index contributed by atoms with van der Waals surface area (Å²) >= 11 is 0. The fourth-order valence-corrected chi connectivity index (χ4v) is 9.18. The standard InChI is InChI=1S/C21H27FN4O3Si.C15H14FNO2S.C13H22N2O4Si.CH4.H3N/c1-5-29-21(27)17-12-26(14-28-10-11-30(2,3)4)20(25-17)19-18(23-13-24-19)15-6-8-16(22)9-7-15;1-11-2-8-14(9-3-11)20(18,19)15(10-17)12-4-6-13(16)7-5-12;1-5-19-13(17)11-8-15(12(9-16)14-11)10-18-6-7-20(2,3)4;;/h6-9,12-13H,5,10-11,14H2,1-4H3,(H,23,24);2-9,15H,17H2,1H3;8-9H,5-7,10H2,1-4H3;1H4;1H3. The summed E-state index contributed by atoms with van der Waals surface area (Å²) in [5, 5.41) is 4.25. The molecule has 0 aliphatic rings. The number of aromatic nitrogens is 6. The third-order valence-electron chi connectivity index (χ3n) is 10.1. The predicted octanol–water partition coefficient (Wildman–Crippen LogP) is 8.91. The minimum Gasteiger partial charge on any atom is -0.461 e. The van der Waals surface area contributed by atoms with Crippen molar-refractivity contribution in [3.8, 4) is 22.8 Å². The first-order chi connectivity index (χ1) is 33.1. The van der Waals surface area contributed by atoms with Crippen molar-refractivity contribution in [2.24, 2.45) is 0 Å². The van der Waals surface area contributed by atoms with Gasteiger partial charge in [0.1, 0.15) is 30.8 Å². The number of sulfone groups is 1. The highest BCUT2D eigenvalue weighted by molar-refractivity contribution is 7.92. The molecule has 6 rings (SSSR count). The Bertz CT molecular complexity index is 2750. The van der Waals surface area contributed by atoms with Gasteiger partial charge in [0.15, 0.2) is 39.2 Å². The van der Waals surface area contributed by atoms with Gasteiger partial charge in [-0.2, -0.15) is 6.21 Å². The third kappa shape index (κ3) is 18.7. The first-order valence-corrected chi connectivity index (χ1v) is 31.5. The van der Waals surface area contributed by atoms with Gasteiger partial charge in [-0.1, -0.05) is 82.1 Å². The fraction of sp³-hybridized carbons (Fsp3) is 0.380. The summed E-state index contributed by atoms with van der Waals surface area (Å²) in [7, 11) is -6.04. The van der Waals surface area contributed by atoms with Crippen LogP contribution in [0.25, 0.3) is 22.8 Å². The molecule has 0 saturated carbocycles. The van der Waals surface area contributed by atoms with E-state index in [0.29, 0.717) is 42.3 Å². The average Bonchev–Trinajstić information content (AvgIpc) is 4.07. The molecule has 0 fully saturated rings. The summed E-state index contributed by atoms with van der Waals surface area (Å²) in [6.45, 7) is 21.3. The summed E-state index contributed by atoms with van der Waals surface area (Å²) in [6.07, 6.45) is 7.53. The topological polar surface area (TPSA) is 247 Å². The summed E-state index contributed by atoms with van der Waals surface area (Å²) in [5.41, 5.74) is 3.63. The van der Waals surface area contributed by atoms with Gasteiger partial charge in [-0.25, -0.2) is 41.7 Å². The zero-order valence-electron chi connectivity index (χ0n) is 41.8. The fourth-order valence-electron chi connectivity index (χ4n) is 6.19. The van der Waals surface area contributed by atoms with E-state index in [-0.39, 0.29) is 68.2 Å². The Morgan fingerprint density at radius 2 is 1.26 bits per heavy atom. The van der Waals surface area contributed by atoms with E-state index in [4.69, 9.17) is 24.4 Å². The lowest BCUT2D eigenvalue weighted by Gasteiger charge is -2.19. The number of benzene rings is 3. The molecule has 3 aromatic carbocycles. The van der Waals surface area contributed by atoms with Crippen molar-refractivity contribution in [2.45, 2.75) is 103 Å². The highest BCUT2D eigenvalue weighted by atomic mass is 32.2. The molecule has 22 heteroatoms. The summed E-state index contributed by atoms with van der Waals surface area (Å²) in [4.78, 5) is 50.7. The van der Waals surface area contributed by atoms with E-state index in [1.165, 1.54) is 59.3 Å². The molecule has 17 nitrogen and oxygen atoms in total. The third-order valence-corrected chi connectivity index (χ3v) is 15.4. The van der Waals surface area contributed by atoms with Crippen molar-refractivity contribution in [1.82, 2.24) is 35.2 Å². The number of rotatable bonds is 21. The Morgan fingerprint density at radius 3 is 1.75 bits per heavy atom. The van der Waals surface area contributed by atoms with Gasteiger partial charge in [0.05, 0.1) is 30.1 Å². The molecule has 0 spiro atoms. The molecular formula is C50H70F2N8O9SSi2. The van der Waals surface area contributed by atoms with Crippen molar-refractivity contribution in [3.63, 3.8) is 0 Å². The van der Waals surface area contributed by atoms with E-state index >= 15 is 0 Å². The van der Waals surface area contributed by atoms with Crippen molar-refractivity contribution in [1.29, 1.82) is 0 Å². The lowest BCUT2D eigenvalue weighted by molar-refractivity contribution is -0.107. The summed E-state index contributed by atoms with van der Waals surface area (Å²) < 4.78 is 75.9. The van der Waals surface area contributed by atoms with Crippen LogP contribution < -0.4 is 11.6 Å². The van der Waals surface area contributed by atoms with Crippen LogP contribution in [0.15, 0.2) is 96.4 Å². The lowest BCUT2D eigenvalue weighted by Crippen LogP contribution is -2.35. The number of hydrogen-bond donors (Lipinski definition) is 3. The molecule has 0 bridgehead atoms. The van der Waals surface area contributed by atoms with Gasteiger partial charge in [0.25, 0.3) is 0 Å². The number of esters is 2. The number of ether oxygens (including phenoxy) is 4. The molecule has 72 heavy (non-hydrogen) atoms. The molecule has 1 unspecified atom stereocenters. The Hall–Kier alpha value is -6.31. The maximum atomic E-state index is 13.3. The van der Waals surface area contributed by atoms with E-state index in [9.17, 15) is 31.6 Å². The van der Waals surface area contributed by atoms with Crippen LogP contribution in [0.3, 0.4) is 0 Å². The highest BCUT2D eigenvalue weighted by Gasteiger charge is 2.24. The predicted molar refractivity (Wildman–Crippen MR) is 279 cm³/mol. The second-order valence-electron chi connectivity index (χ2n) is 18.2. The Labute approximate surface area is 423 Å². The van der Waals surface area contributed by atoms with Gasteiger partial charge in [-0.15, -0.1) is 0 Å². The molecule has 0 amide bonds. The van der Waals surface area contributed by atoms with Gasteiger partial charge >= 0.3 is 11.9 Å². The van der Waals surface area contributed by atoms with E-state index in [2.05, 4.69) is 65.4 Å². The van der Waals surface area contributed by atoms with Crippen molar-refractivity contribution in [3.05, 3.63) is 131 Å². The maximum absolute atomic E-state index is 13.3. The number of nitrogens with one attached hydrogen (secondary N) is 1. The van der Waals surface area contributed by atoms with Crippen LogP contribution in [0.2, 0.25) is 51.4 Å². The number of aromatic amines is 1. The quantitative estimate of drug-likeness (QED) is 0.0152. The zero-order chi connectivity index (χ0) is 51.6. The van der Waals surface area contributed by atoms with E-state index in [1.54, 1.807) is 55.2 Å². The molecule has 6 aromatic rings. The number of aryl methyl sites for hydroxylation is 1. The van der Waals surface area contributed by atoms with Crippen LogP contribution >= 0.6 is 0 Å². The van der Waals surface area contributed by atoms with Gasteiger partial charge in [0.2, 0.25) is 0 Å². The van der Waals surface area contributed by atoms with Crippen LogP contribution in [0.5, 0.6) is 0 Å². The Balaban J connectivity index is 0.000000377. The number of nitrogens with two attached hydrogens (primary N) is 1. The molecule has 0 radical (unpaired) electrons. The normalized spacial score (nSPS) is 11.6. The van der Waals surface area contributed by atoms with Crippen LogP contribution in [0.4, 0.5) is 8.78 Å². The Kier molecular flexibility index (Phi) is 24.6. The molecule has 1 atom stereocenters. The number of halogens is 2. The van der Waals surface area contributed by atoms with Crippen molar-refractivity contribution < 1.29 is 55.9 Å². The number of H-pyrrole nitrogens is 1. The van der Waals surface area contributed by atoms with Gasteiger partial charge in [0, 0.05) is 52.6 Å². The number of aldehydes is 1. The van der Waals surface area contributed by atoms with Gasteiger partial charge < -0.3 is 44.6 Å². The first kappa shape index (κ1) is 61.8. The van der Waals surface area contributed by atoms with Crippen molar-refractivity contribution in [2.75, 3.05) is 26.4 Å². The minimum absolute atomic E-state index is 0. The van der Waals surface area contributed by atoms with Crippen LogP contribution in [-0.4, -0.2) is 105 Å². The van der Waals surface area contributed by atoms with E-state index in [0.717, 1.165) is 23.2 Å². The number of carbonyl (C=O) groups is 3. The molecule has 0 aliphatic carbocycles. The highest BCUT2D eigenvalue weighted by Crippen LogP contribution is 2.30. The number of carbonyl (C=O) groups excluding carboxylic acids is 3. The number of imidazole rings is 3. The summed E-state index contributed by atoms with van der Waals surface area (Å²) in [5.74, 6) is -1.11. The van der Waals surface area contributed by atoms with Crippen LogP contribution in [-0.2, 0) is 42.2 Å². The Morgan fingerprint density at radius 1 is 0.778 bits per heavy atom. The summed E-state index contributed by atoms with van der Waals surface area (Å²) in [6, 6.07) is 19.8. The smallest absolute Gasteiger partial charge is 0.358 e. The number of nitrogens with zero attached hydrogens (tertiary/aromatic N) is 5. The average molecular weight is 1050 g/mol. The molecule has 3 aromatic heterocycles.